The number of aryl methyl sites for hydroxylation is 1. The molecule has 0 spiro atoms. The van der Waals surface area contributed by atoms with Crippen molar-refractivity contribution in [1.82, 2.24) is 14.5 Å². The summed E-state index contributed by atoms with van der Waals surface area (Å²) in [5.41, 5.74) is 1.44. The Hall–Kier alpha value is -2.34. The number of nitrogens with zero attached hydrogens (tertiary/aromatic N) is 3. The predicted molar refractivity (Wildman–Crippen MR) is 86.3 cm³/mol. The van der Waals surface area contributed by atoms with Gasteiger partial charge < -0.3 is 5.32 Å². The van der Waals surface area contributed by atoms with E-state index in [1.165, 1.54) is 10.6 Å². The molecule has 0 saturated carbocycles. The molecule has 1 N–H and O–H groups in total. The zero-order valence-electron chi connectivity index (χ0n) is 11.7. The minimum Gasteiger partial charge on any atom is -0.324 e. The van der Waals surface area contributed by atoms with Gasteiger partial charge in [-0.1, -0.05) is 6.07 Å². The van der Waals surface area contributed by atoms with Crippen LogP contribution in [0.25, 0.3) is 11.0 Å². The smallest absolute Gasteiger partial charge is 0.251 e. The quantitative estimate of drug-likeness (QED) is 0.753. The number of nitrogens with one attached hydrogen (secondary N) is 1. The van der Waals surface area contributed by atoms with Crippen LogP contribution in [-0.2, 0) is 7.05 Å². The highest BCUT2D eigenvalue weighted by molar-refractivity contribution is 7.98. The van der Waals surface area contributed by atoms with E-state index in [1.807, 2.05) is 30.5 Å². The van der Waals surface area contributed by atoms with Gasteiger partial charge >= 0.3 is 0 Å². The second-order valence-corrected chi connectivity index (χ2v) is 5.44. The lowest BCUT2D eigenvalue weighted by Crippen LogP contribution is -2.16. The van der Waals surface area contributed by atoms with E-state index in [0.717, 1.165) is 16.0 Å². The van der Waals surface area contributed by atoms with E-state index in [2.05, 4.69) is 15.3 Å². The third-order valence-electron chi connectivity index (χ3n) is 3.18. The molecule has 1 aromatic carbocycles. The maximum atomic E-state index is 11.7. The lowest BCUT2D eigenvalue weighted by atomic mass is 10.3. The van der Waals surface area contributed by atoms with Crippen molar-refractivity contribution in [3.63, 3.8) is 0 Å². The Labute approximate surface area is 126 Å². The highest BCUT2D eigenvalue weighted by Gasteiger charge is 2.04. The predicted octanol–water partition coefficient (Wildman–Crippen LogP) is 2.79. The summed E-state index contributed by atoms with van der Waals surface area (Å²) in [5.74, 6) is 0.474. The van der Waals surface area contributed by atoms with Crippen LogP contribution in [0.5, 0.6) is 0 Å². The first-order valence-corrected chi connectivity index (χ1v) is 7.64. The molecule has 0 amide bonds. The third kappa shape index (κ3) is 2.75. The average Bonchev–Trinajstić information content (AvgIpc) is 2.52. The fourth-order valence-electron chi connectivity index (χ4n) is 2.04. The monoisotopic (exact) mass is 298 g/mol. The molecule has 0 saturated heterocycles. The van der Waals surface area contributed by atoms with Gasteiger partial charge in [-0.15, -0.1) is 11.8 Å². The Morgan fingerprint density at radius 2 is 2.10 bits per heavy atom. The number of aromatic nitrogens is 3. The highest BCUT2D eigenvalue weighted by Crippen LogP contribution is 2.21. The molecule has 2 heterocycles. The fourth-order valence-corrected chi connectivity index (χ4v) is 2.50. The molecule has 0 fully saturated rings. The lowest BCUT2D eigenvalue weighted by Gasteiger charge is -2.08. The van der Waals surface area contributed by atoms with Gasteiger partial charge in [0.15, 0.2) is 0 Å². The molecule has 2 aromatic heterocycles. The molecule has 0 aliphatic rings. The van der Waals surface area contributed by atoms with E-state index in [9.17, 15) is 4.79 Å². The Balaban J connectivity index is 2.01. The number of hydrogen-bond acceptors (Lipinski definition) is 5. The molecule has 5 nitrogen and oxygen atoms in total. The van der Waals surface area contributed by atoms with E-state index in [4.69, 9.17) is 0 Å². The van der Waals surface area contributed by atoms with Crippen molar-refractivity contribution in [2.24, 2.45) is 7.05 Å². The molecule has 3 rings (SSSR count). The lowest BCUT2D eigenvalue weighted by molar-refractivity contribution is 0.885. The fraction of sp³-hybridized carbons (Fsp3) is 0.133. The van der Waals surface area contributed by atoms with Crippen LogP contribution >= 0.6 is 11.8 Å². The van der Waals surface area contributed by atoms with Crippen molar-refractivity contribution >= 4 is 34.4 Å². The number of pyridine rings is 1. The summed E-state index contributed by atoms with van der Waals surface area (Å²) in [6.07, 6.45) is 3.74. The summed E-state index contributed by atoms with van der Waals surface area (Å²) in [5, 5.41) is 4.00. The Bertz CT molecular complexity index is 860. The molecule has 0 unspecified atom stereocenters. The molecule has 0 aliphatic carbocycles. The van der Waals surface area contributed by atoms with Crippen LogP contribution in [0.2, 0.25) is 0 Å². The molecule has 3 aromatic rings. The summed E-state index contributed by atoms with van der Waals surface area (Å²) in [6, 6.07) is 11.3. The maximum absolute atomic E-state index is 11.7. The normalized spacial score (nSPS) is 10.8. The number of fused-ring (bicyclic) bond motifs is 1. The van der Waals surface area contributed by atoms with Crippen molar-refractivity contribution in [2.45, 2.75) is 4.90 Å². The first-order valence-electron chi connectivity index (χ1n) is 6.41. The molecule has 0 atom stereocenters. The molecule has 0 aliphatic heterocycles. The van der Waals surface area contributed by atoms with Crippen LogP contribution in [0.15, 0.2) is 52.3 Å². The van der Waals surface area contributed by atoms with Gasteiger partial charge in [-0.3, -0.25) is 9.36 Å². The molecule has 21 heavy (non-hydrogen) atoms. The maximum Gasteiger partial charge on any atom is 0.251 e. The van der Waals surface area contributed by atoms with Gasteiger partial charge in [-0.2, -0.15) is 4.98 Å². The molecular weight excluding hydrogens is 284 g/mol. The average molecular weight is 298 g/mol. The van der Waals surface area contributed by atoms with E-state index >= 15 is 0 Å². The molecular formula is C15H14N4OS. The molecule has 6 heteroatoms. The summed E-state index contributed by atoms with van der Waals surface area (Å²) in [6.45, 7) is 0. The summed E-state index contributed by atoms with van der Waals surface area (Å²) >= 11 is 1.67. The van der Waals surface area contributed by atoms with E-state index < -0.39 is 0 Å². The van der Waals surface area contributed by atoms with Gasteiger partial charge in [0.2, 0.25) is 5.95 Å². The van der Waals surface area contributed by atoms with Gasteiger partial charge in [0.1, 0.15) is 5.65 Å². The van der Waals surface area contributed by atoms with Crippen LogP contribution in [0.3, 0.4) is 0 Å². The van der Waals surface area contributed by atoms with Gasteiger partial charge in [-0.25, -0.2) is 4.98 Å². The number of hydrogen-bond donors (Lipinski definition) is 1. The first kappa shape index (κ1) is 13.6. The minimum atomic E-state index is -0.0865. The third-order valence-corrected chi connectivity index (χ3v) is 3.90. The molecule has 106 valence electrons. The summed E-state index contributed by atoms with van der Waals surface area (Å²) in [7, 11) is 1.70. The van der Waals surface area contributed by atoms with Crippen LogP contribution < -0.4 is 10.9 Å². The van der Waals surface area contributed by atoms with Crippen LogP contribution in [0.4, 0.5) is 11.6 Å². The van der Waals surface area contributed by atoms with Gasteiger partial charge in [0.25, 0.3) is 5.56 Å². The van der Waals surface area contributed by atoms with Gasteiger partial charge in [-0.05, 0) is 30.5 Å². The van der Waals surface area contributed by atoms with E-state index in [0.29, 0.717) is 11.6 Å². The summed E-state index contributed by atoms with van der Waals surface area (Å²) in [4.78, 5) is 21.5. The largest absolute Gasteiger partial charge is 0.324 e. The topological polar surface area (TPSA) is 59.8 Å². The van der Waals surface area contributed by atoms with Crippen molar-refractivity contribution in [3.8, 4) is 0 Å². The van der Waals surface area contributed by atoms with Crippen molar-refractivity contribution in [2.75, 3.05) is 11.6 Å². The van der Waals surface area contributed by atoms with Crippen molar-refractivity contribution in [3.05, 3.63) is 52.9 Å². The van der Waals surface area contributed by atoms with E-state index in [-0.39, 0.29) is 5.56 Å². The number of thioether (sulfide) groups is 1. The first-order chi connectivity index (χ1) is 10.2. The second kappa shape index (κ2) is 5.57. The Morgan fingerprint density at radius 1 is 1.24 bits per heavy atom. The van der Waals surface area contributed by atoms with E-state index in [1.54, 1.807) is 31.1 Å². The Morgan fingerprint density at radius 3 is 2.90 bits per heavy atom. The van der Waals surface area contributed by atoms with Crippen molar-refractivity contribution < 1.29 is 0 Å². The molecule has 0 radical (unpaired) electrons. The second-order valence-electron chi connectivity index (χ2n) is 4.56. The molecule has 0 bridgehead atoms. The minimum absolute atomic E-state index is 0.0865. The zero-order chi connectivity index (χ0) is 14.8. The standard InChI is InChI=1S/C15H14N4OS/c1-19-13(20)7-6-10-9-16-15(18-14(10)19)17-11-4-3-5-12(8-11)21-2/h3-9H,1-2H3,(H,16,17,18). The highest BCUT2D eigenvalue weighted by atomic mass is 32.2. The SMILES string of the molecule is CSc1cccc(Nc2ncc3ccc(=O)n(C)c3n2)c1. The van der Waals surface area contributed by atoms with Gasteiger partial charge in [0, 0.05) is 35.3 Å². The van der Waals surface area contributed by atoms with Crippen LogP contribution in [0, 0.1) is 0 Å². The van der Waals surface area contributed by atoms with Crippen LogP contribution in [-0.4, -0.2) is 20.8 Å². The van der Waals surface area contributed by atoms with Crippen molar-refractivity contribution in [1.29, 1.82) is 0 Å². The number of benzene rings is 1. The van der Waals surface area contributed by atoms with Crippen LogP contribution in [0.1, 0.15) is 0 Å². The number of anilines is 2. The Kier molecular flexibility index (Phi) is 3.62. The summed E-state index contributed by atoms with van der Waals surface area (Å²) < 4.78 is 1.51. The van der Waals surface area contributed by atoms with Gasteiger partial charge in [0.05, 0.1) is 0 Å². The zero-order valence-corrected chi connectivity index (χ0v) is 12.5. The number of rotatable bonds is 3.